The molecule has 32 heavy (non-hydrogen) atoms. The zero-order valence-electron chi connectivity index (χ0n) is 18.1. The molecule has 2 N–H and O–H groups in total. The molecule has 4 heterocycles. The standard InChI is InChI=1S/C21H29N5O5S/c1-21(28)8-2-3-17(21)26-18(27)5-4-14-11-22-20(24-19(14)26)23-15-6-9-25(10-7-15)32(29,30)16-12-31-13-16/h4-5,11,15-17,28H,2-3,6-10,12-13H2,1H3,(H,22,23,24)/t17-,21-/m1/s1. The monoisotopic (exact) mass is 463 g/mol. The molecule has 11 heteroatoms. The highest BCUT2D eigenvalue weighted by Crippen LogP contribution is 2.39. The van der Waals surface area contributed by atoms with Gasteiger partial charge in [-0.2, -0.15) is 4.98 Å². The molecule has 1 aliphatic carbocycles. The second-order valence-electron chi connectivity index (χ2n) is 9.30. The second kappa shape index (κ2) is 8.05. The van der Waals surface area contributed by atoms with E-state index in [4.69, 9.17) is 4.74 Å². The summed E-state index contributed by atoms with van der Waals surface area (Å²) in [6.07, 6.45) is 5.19. The second-order valence-corrected chi connectivity index (χ2v) is 11.5. The average molecular weight is 464 g/mol. The summed E-state index contributed by atoms with van der Waals surface area (Å²) in [6.45, 7) is 3.22. The number of fused-ring (bicyclic) bond motifs is 1. The normalized spacial score (nSPS) is 28.1. The van der Waals surface area contributed by atoms with Gasteiger partial charge in [-0.3, -0.25) is 9.36 Å². The molecular formula is C21H29N5O5S. The van der Waals surface area contributed by atoms with Gasteiger partial charge in [-0.25, -0.2) is 17.7 Å². The minimum Gasteiger partial charge on any atom is -0.388 e. The Morgan fingerprint density at radius 3 is 2.59 bits per heavy atom. The van der Waals surface area contributed by atoms with Gasteiger partial charge in [-0.15, -0.1) is 0 Å². The molecule has 3 aliphatic rings. The summed E-state index contributed by atoms with van der Waals surface area (Å²) in [6, 6.07) is 2.91. The van der Waals surface area contributed by atoms with Crippen LogP contribution in [0.15, 0.2) is 23.1 Å². The molecule has 3 fully saturated rings. The Labute approximate surface area is 186 Å². The Kier molecular flexibility index (Phi) is 5.47. The Bertz CT molecular complexity index is 1170. The maximum atomic E-state index is 12.7. The van der Waals surface area contributed by atoms with Crippen molar-refractivity contribution in [3.63, 3.8) is 0 Å². The van der Waals surface area contributed by atoms with Gasteiger partial charge in [0.15, 0.2) is 0 Å². The fourth-order valence-electron chi connectivity index (χ4n) is 4.98. The number of pyridine rings is 1. The molecule has 174 valence electrons. The van der Waals surface area contributed by atoms with Crippen LogP contribution in [0.5, 0.6) is 0 Å². The van der Waals surface area contributed by atoms with Crippen LogP contribution >= 0.6 is 0 Å². The predicted octanol–water partition coefficient (Wildman–Crippen LogP) is 0.872. The van der Waals surface area contributed by atoms with Crippen molar-refractivity contribution in [2.45, 2.75) is 62.0 Å². The van der Waals surface area contributed by atoms with Crippen molar-refractivity contribution in [2.75, 3.05) is 31.6 Å². The van der Waals surface area contributed by atoms with Gasteiger partial charge in [0.25, 0.3) is 5.56 Å². The zero-order valence-corrected chi connectivity index (χ0v) is 18.9. The molecule has 10 nitrogen and oxygen atoms in total. The van der Waals surface area contributed by atoms with Crippen LogP contribution in [0.4, 0.5) is 5.95 Å². The van der Waals surface area contributed by atoms with Gasteiger partial charge in [0.05, 0.1) is 24.9 Å². The number of sulfonamides is 1. The highest BCUT2D eigenvalue weighted by molar-refractivity contribution is 7.89. The van der Waals surface area contributed by atoms with Gasteiger partial charge in [-0.05, 0) is 45.1 Å². The summed E-state index contributed by atoms with van der Waals surface area (Å²) in [7, 11) is -3.29. The number of aromatic nitrogens is 3. The molecular weight excluding hydrogens is 434 g/mol. The third kappa shape index (κ3) is 3.81. The van der Waals surface area contributed by atoms with Crippen molar-refractivity contribution in [3.05, 3.63) is 28.7 Å². The number of nitrogens with one attached hydrogen (secondary N) is 1. The number of anilines is 1. The average Bonchev–Trinajstić information content (AvgIpc) is 3.05. The minimum atomic E-state index is -3.29. The molecule has 0 bridgehead atoms. The molecule has 0 aromatic carbocycles. The molecule has 2 saturated heterocycles. The number of nitrogens with zero attached hydrogens (tertiary/aromatic N) is 4. The fourth-order valence-corrected chi connectivity index (χ4v) is 6.66. The molecule has 2 atom stereocenters. The van der Waals surface area contributed by atoms with E-state index in [0.29, 0.717) is 43.9 Å². The number of hydrogen-bond acceptors (Lipinski definition) is 8. The molecule has 2 aromatic heterocycles. The maximum absolute atomic E-state index is 12.7. The highest BCUT2D eigenvalue weighted by Gasteiger charge is 2.40. The van der Waals surface area contributed by atoms with Crippen LogP contribution in [-0.4, -0.2) is 75.6 Å². The van der Waals surface area contributed by atoms with Crippen LogP contribution in [0.25, 0.3) is 11.0 Å². The lowest BCUT2D eigenvalue weighted by atomic mass is 10.00. The van der Waals surface area contributed by atoms with Crippen molar-refractivity contribution >= 4 is 27.0 Å². The van der Waals surface area contributed by atoms with Crippen molar-refractivity contribution in [1.82, 2.24) is 18.8 Å². The number of piperidine rings is 1. The summed E-state index contributed by atoms with van der Waals surface area (Å²) in [5.41, 5.74) is -0.638. The summed E-state index contributed by atoms with van der Waals surface area (Å²) in [5, 5.41) is 14.4. The molecule has 1 saturated carbocycles. The van der Waals surface area contributed by atoms with Gasteiger partial charge in [0, 0.05) is 36.8 Å². The van der Waals surface area contributed by atoms with Crippen molar-refractivity contribution in [2.24, 2.45) is 0 Å². The zero-order chi connectivity index (χ0) is 22.5. The first-order chi connectivity index (χ1) is 15.3. The van der Waals surface area contributed by atoms with Gasteiger partial charge in [-0.1, -0.05) is 0 Å². The Morgan fingerprint density at radius 1 is 1.22 bits per heavy atom. The third-order valence-corrected chi connectivity index (χ3v) is 9.23. The van der Waals surface area contributed by atoms with E-state index in [-0.39, 0.29) is 30.9 Å². The summed E-state index contributed by atoms with van der Waals surface area (Å²) < 4.78 is 33.3. The molecule has 2 aromatic rings. The molecule has 5 rings (SSSR count). The van der Waals surface area contributed by atoms with Crippen LogP contribution in [0.1, 0.15) is 45.1 Å². The first kappa shape index (κ1) is 21.7. The fraction of sp³-hybridized carbons (Fsp3) is 0.667. The lowest BCUT2D eigenvalue weighted by molar-refractivity contribution is 0.0266. The Hall–Kier alpha value is -2.08. The highest BCUT2D eigenvalue weighted by atomic mass is 32.2. The topological polar surface area (TPSA) is 127 Å². The summed E-state index contributed by atoms with van der Waals surface area (Å²) in [4.78, 5) is 21.8. The van der Waals surface area contributed by atoms with Gasteiger partial charge in [0.1, 0.15) is 10.9 Å². The van der Waals surface area contributed by atoms with Crippen LogP contribution in [0, 0.1) is 0 Å². The van der Waals surface area contributed by atoms with Crippen molar-refractivity contribution in [3.8, 4) is 0 Å². The quantitative estimate of drug-likeness (QED) is 0.669. The van der Waals surface area contributed by atoms with E-state index >= 15 is 0 Å². The van der Waals surface area contributed by atoms with E-state index in [9.17, 15) is 18.3 Å². The number of hydrogen-bond donors (Lipinski definition) is 2. The van der Waals surface area contributed by atoms with Crippen LogP contribution in [-0.2, 0) is 14.8 Å². The smallest absolute Gasteiger partial charge is 0.252 e. The summed E-state index contributed by atoms with van der Waals surface area (Å²) in [5.74, 6) is 0.406. The molecule has 0 unspecified atom stereocenters. The van der Waals surface area contributed by atoms with E-state index < -0.39 is 20.9 Å². The van der Waals surface area contributed by atoms with Crippen LogP contribution < -0.4 is 10.9 Å². The Balaban J connectivity index is 1.35. The maximum Gasteiger partial charge on any atom is 0.252 e. The number of aliphatic hydroxyl groups is 1. The largest absolute Gasteiger partial charge is 0.388 e. The number of rotatable bonds is 5. The SMILES string of the molecule is C[C@@]1(O)CCC[C@H]1n1c(=O)ccc2cnc(NC3CCN(S(=O)(=O)C4COC4)CC3)nc21. The Morgan fingerprint density at radius 2 is 1.97 bits per heavy atom. The minimum absolute atomic E-state index is 0.0370. The third-order valence-electron chi connectivity index (χ3n) is 7.03. The summed E-state index contributed by atoms with van der Waals surface area (Å²) >= 11 is 0. The first-order valence-corrected chi connectivity index (χ1v) is 12.7. The van der Waals surface area contributed by atoms with Gasteiger partial charge < -0.3 is 15.2 Å². The number of ether oxygens (including phenoxy) is 1. The van der Waals surface area contributed by atoms with E-state index in [1.54, 1.807) is 28.1 Å². The van der Waals surface area contributed by atoms with E-state index in [1.807, 2.05) is 0 Å². The van der Waals surface area contributed by atoms with Gasteiger partial charge in [0.2, 0.25) is 16.0 Å². The van der Waals surface area contributed by atoms with Crippen LogP contribution in [0.3, 0.4) is 0 Å². The predicted molar refractivity (Wildman–Crippen MR) is 119 cm³/mol. The molecule has 0 radical (unpaired) electrons. The van der Waals surface area contributed by atoms with E-state index in [0.717, 1.165) is 18.2 Å². The van der Waals surface area contributed by atoms with Gasteiger partial charge >= 0.3 is 0 Å². The lowest BCUT2D eigenvalue weighted by Crippen LogP contribution is -2.52. The molecule has 0 spiro atoms. The van der Waals surface area contributed by atoms with E-state index in [1.165, 1.54) is 6.07 Å². The van der Waals surface area contributed by atoms with Crippen LogP contribution in [0.2, 0.25) is 0 Å². The molecule has 0 amide bonds. The lowest BCUT2D eigenvalue weighted by Gasteiger charge is -2.36. The first-order valence-electron chi connectivity index (χ1n) is 11.2. The molecule has 2 aliphatic heterocycles. The van der Waals surface area contributed by atoms with Crippen molar-refractivity contribution in [1.29, 1.82) is 0 Å². The van der Waals surface area contributed by atoms with E-state index in [2.05, 4.69) is 15.3 Å². The van der Waals surface area contributed by atoms with Crippen molar-refractivity contribution < 1.29 is 18.3 Å².